The number of aryl methyl sites for hydroxylation is 4. The molecule has 300 valence electrons. The van der Waals surface area contributed by atoms with Crippen LogP contribution in [0.1, 0.15) is 22.6 Å². The monoisotopic (exact) mass is 984 g/mol. The van der Waals surface area contributed by atoms with E-state index in [1.807, 2.05) is 62.4 Å². The molecule has 0 aliphatic rings. The molecule has 0 bridgehead atoms. The van der Waals surface area contributed by atoms with E-state index in [-0.39, 0.29) is 5.43 Å². The van der Waals surface area contributed by atoms with Crippen LogP contribution in [0.3, 0.4) is 0 Å². The van der Waals surface area contributed by atoms with Crippen molar-refractivity contribution in [2.45, 2.75) is 40.8 Å². The molecule has 8 aromatic rings. The van der Waals surface area contributed by atoms with Crippen LogP contribution in [0.2, 0.25) is 33.2 Å². The Morgan fingerprint density at radius 2 is 0.879 bits per heavy atom. The fourth-order valence-electron chi connectivity index (χ4n) is 6.81. The van der Waals surface area contributed by atoms with Crippen LogP contribution < -0.4 is 9.47 Å². The third-order valence-corrected chi connectivity index (χ3v) is 30.5. The molecule has 0 unspecified atom stereocenters. The first-order chi connectivity index (χ1) is 27.6. The van der Waals surface area contributed by atoms with E-state index in [1.54, 1.807) is 14.2 Å². The molecule has 0 spiro atoms. The van der Waals surface area contributed by atoms with Gasteiger partial charge in [0.2, 0.25) is 0 Å². The van der Waals surface area contributed by atoms with E-state index >= 15 is 0 Å². The number of ether oxygens (including phenoxy) is 2. The molecule has 0 saturated heterocycles. The summed E-state index contributed by atoms with van der Waals surface area (Å²) in [5.41, 5.74) is 8.37. The third kappa shape index (κ3) is 9.83. The van der Waals surface area contributed by atoms with E-state index in [2.05, 4.69) is 75.5 Å². The van der Waals surface area contributed by atoms with Crippen molar-refractivity contribution >= 4 is 90.4 Å². The second kappa shape index (κ2) is 19.2. The Balaban J connectivity index is 0.000000172. The third-order valence-electron chi connectivity index (χ3n) is 9.61. The van der Waals surface area contributed by atoms with Gasteiger partial charge in [-0.2, -0.15) is 0 Å². The first-order valence-corrected chi connectivity index (χ1v) is 32.2. The summed E-state index contributed by atoms with van der Waals surface area (Å²) < 4.78 is 22.1. The summed E-state index contributed by atoms with van der Waals surface area (Å²) in [7, 11) is 14.4. The molecule has 12 heteroatoms. The molecular formula is C46H40Cl6O4SiZr-2. The fourth-order valence-corrected chi connectivity index (χ4v) is 8.09. The Bertz CT molecular complexity index is 2560. The van der Waals surface area contributed by atoms with Crippen LogP contribution in [-0.4, -0.2) is 19.7 Å². The summed E-state index contributed by atoms with van der Waals surface area (Å²) in [5.74, 6) is 4.53. The van der Waals surface area contributed by atoms with Gasteiger partial charge in [0, 0.05) is 0 Å². The van der Waals surface area contributed by atoms with Crippen molar-refractivity contribution in [1.29, 1.82) is 0 Å². The zero-order valence-corrected chi connectivity index (χ0v) is 41.1. The van der Waals surface area contributed by atoms with Crippen molar-refractivity contribution in [3.8, 4) is 56.4 Å². The van der Waals surface area contributed by atoms with Gasteiger partial charge in [-0.3, -0.25) is 0 Å². The average molecular weight is 989 g/mol. The molecule has 0 fully saturated rings. The van der Waals surface area contributed by atoms with Crippen molar-refractivity contribution in [3.63, 3.8) is 0 Å². The van der Waals surface area contributed by atoms with Crippen molar-refractivity contribution < 1.29 is 36.3 Å². The zero-order valence-electron chi connectivity index (χ0n) is 33.1. The minimum atomic E-state index is -1.65. The topological polar surface area (TPSA) is 44.7 Å². The fraction of sp³-hybridized carbons (Fsp3) is 0.174. The summed E-state index contributed by atoms with van der Waals surface area (Å²) in [6, 6.07) is 32.6. The van der Waals surface area contributed by atoms with Gasteiger partial charge in [-0.25, -0.2) is 0 Å². The summed E-state index contributed by atoms with van der Waals surface area (Å²) in [4.78, 5) is 0. The van der Waals surface area contributed by atoms with Gasteiger partial charge in [-0.15, -0.1) is 57.9 Å². The molecule has 6 aromatic carbocycles. The average Bonchev–Trinajstić information content (AvgIpc) is 3.98. The number of fused-ring (bicyclic) bond motifs is 2. The van der Waals surface area contributed by atoms with E-state index < -0.39 is 18.0 Å². The molecule has 8 rings (SSSR count). The molecule has 2 aromatic heterocycles. The van der Waals surface area contributed by atoms with Crippen LogP contribution in [0.15, 0.2) is 106 Å². The van der Waals surface area contributed by atoms with Crippen LogP contribution in [0.5, 0.6) is 11.5 Å². The summed E-state index contributed by atoms with van der Waals surface area (Å²) >= 11 is 23.8. The van der Waals surface area contributed by atoms with Gasteiger partial charge >= 0.3 is 53.5 Å². The second-order valence-corrected chi connectivity index (χ2v) is 38.6. The quantitative estimate of drug-likeness (QED) is 0.123. The van der Waals surface area contributed by atoms with Gasteiger partial charge in [-0.05, 0) is 98.5 Å². The molecule has 0 aliphatic carbocycles. The number of rotatable bonds is 6. The van der Waals surface area contributed by atoms with E-state index in [0.717, 1.165) is 89.1 Å². The predicted molar refractivity (Wildman–Crippen MR) is 247 cm³/mol. The van der Waals surface area contributed by atoms with Crippen LogP contribution in [0, 0.1) is 27.7 Å². The maximum atomic E-state index is 6.37. The van der Waals surface area contributed by atoms with E-state index in [4.69, 9.17) is 81.7 Å². The molecular weight excluding hydrogens is 949 g/mol. The van der Waals surface area contributed by atoms with Gasteiger partial charge in [0.1, 0.15) is 0 Å². The SMILES string of the molecule is COc1c(Cl)cc(-c2c(C)ccc3[cH-]c(-c4ccc(C)o4)cc23)cc1Cl.COc1c(Cl)cc(-c2c(C)ccc3[cH-]c(-c4ccc(C)o4)cc23)cc1Cl.C[Si](C)=[Zr]([Cl])[Cl]. The number of methoxy groups -OCH3 is 2. The summed E-state index contributed by atoms with van der Waals surface area (Å²) in [5, 5.41) is 6.59. The van der Waals surface area contributed by atoms with Crippen molar-refractivity contribution in [2.75, 3.05) is 14.2 Å². The minimum absolute atomic E-state index is 0.224. The number of hydrogen-bond donors (Lipinski definition) is 0. The maximum absolute atomic E-state index is 6.37. The number of benzene rings is 4. The van der Waals surface area contributed by atoms with Gasteiger partial charge in [0.15, 0.2) is 11.5 Å². The molecule has 4 nitrogen and oxygen atoms in total. The number of furan rings is 2. The van der Waals surface area contributed by atoms with Crippen molar-refractivity contribution in [1.82, 2.24) is 0 Å². The summed E-state index contributed by atoms with van der Waals surface area (Å²) in [6.45, 7) is 12.4. The first-order valence-electron chi connectivity index (χ1n) is 18.2. The van der Waals surface area contributed by atoms with Crippen molar-refractivity contribution in [3.05, 3.63) is 140 Å². The van der Waals surface area contributed by atoms with E-state index in [9.17, 15) is 0 Å². The Hall–Kier alpha value is -2.90. The van der Waals surface area contributed by atoms with Gasteiger partial charge in [-0.1, -0.05) is 80.8 Å². The van der Waals surface area contributed by atoms with Gasteiger partial charge in [0.05, 0.1) is 57.4 Å². The second-order valence-electron chi connectivity index (χ2n) is 14.0. The van der Waals surface area contributed by atoms with E-state index in [0.29, 0.717) is 31.6 Å². The first kappa shape index (κ1) is 44.6. The predicted octanol–water partition coefficient (Wildman–Crippen LogP) is 17.0. The van der Waals surface area contributed by atoms with Crippen LogP contribution in [0.25, 0.3) is 66.4 Å². The Morgan fingerprint density at radius 3 is 1.16 bits per heavy atom. The Kier molecular flexibility index (Phi) is 14.8. The Labute approximate surface area is 374 Å². The molecule has 0 aliphatic heterocycles. The molecule has 58 heavy (non-hydrogen) atoms. The standard InChI is InChI=1S/2C22H17Cl2O2.C2H6Si.2ClH.Zr/c2*1-12-4-6-14-8-15(20-7-5-13(2)26-20)9-17(14)21(12)16-10-18(23)22(25-3)19(24)11-16;1-3-2;;;/h2*4-11H,1-3H3;1-2H3;2*1H;/q2*-1;;;;+2/p-2. The number of hydrogen-bond acceptors (Lipinski definition) is 4. The van der Waals surface area contributed by atoms with E-state index in [1.165, 1.54) is 0 Å². The van der Waals surface area contributed by atoms with Gasteiger partial charge in [0.25, 0.3) is 0 Å². The number of halogens is 6. The Morgan fingerprint density at radius 1 is 0.534 bits per heavy atom. The van der Waals surface area contributed by atoms with Crippen LogP contribution >= 0.6 is 63.4 Å². The molecule has 0 radical (unpaired) electrons. The normalized spacial score (nSPS) is 10.9. The van der Waals surface area contributed by atoms with Crippen LogP contribution in [0.4, 0.5) is 0 Å². The molecule has 0 amide bonds. The summed E-state index contributed by atoms with van der Waals surface area (Å²) in [6.07, 6.45) is 0. The molecule has 0 N–H and O–H groups in total. The van der Waals surface area contributed by atoms with Crippen LogP contribution in [-0.2, 0) is 18.0 Å². The molecule has 0 atom stereocenters. The molecule has 0 saturated carbocycles. The molecule has 2 heterocycles. The zero-order chi connectivity index (χ0) is 42.0. The van der Waals surface area contributed by atoms with Gasteiger partial charge < -0.3 is 18.3 Å². The van der Waals surface area contributed by atoms with Crippen molar-refractivity contribution in [2.24, 2.45) is 0 Å².